The molecule has 4 rings (SSSR count). The van der Waals surface area contributed by atoms with Crippen LogP contribution in [0.3, 0.4) is 0 Å². The topological polar surface area (TPSA) is 76.6 Å². The van der Waals surface area contributed by atoms with Gasteiger partial charge in [-0.05, 0) is 30.5 Å². The molecule has 0 saturated carbocycles. The predicted molar refractivity (Wildman–Crippen MR) is 120 cm³/mol. The van der Waals surface area contributed by atoms with E-state index in [4.69, 9.17) is 21.1 Å². The molecule has 7 nitrogen and oxygen atoms in total. The number of hydrogen-bond donors (Lipinski definition) is 1. The number of halogens is 3. The van der Waals surface area contributed by atoms with Gasteiger partial charge in [0.2, 0.25) is 0 Å². The summed E-state index contributed by atoms with van der Waals surface area (Å²) in [6, 6.07) is 5.73. The molecule has 1 aromatic heterocycles. The van der Waals surface area contributed by atoms with Gasteiger partial charge in [0.05, 0.1) is 24.9 Å². The molecular weight excluding hydrogens is 454 g/mol. The number of hydrogen-bond acceptors (Lipinski definition) is 7. The Labute approximate surface area is 193 Å². The number of ether oxygens (including phenoxy) is 2. The van der Waals surface area contributed by atoms with E-state index in [0.717, 1.165) is 19.0 Å². The summed E-state index contributed by atoms with van der Waals surface area (Å²) in [7, 11) is 1.53. The number of anilines is 2. The number of benzene rings is 2. The van der Waals surface area contributed by atoms with Crippen LogP contribution in [-0.2, 0) is 4.79 Å². The van der Waals surface area contributed by atoms with Crippen molar-refractivity contribution < 1.29 is 23.0 Å². The van der Waals surface area contributed by atoms with Crippen LogP contribution in [0.2, 0.25) is 5.02 Å². The van der Waals surface area contributed by atoms with Crippen molar-refractivity contribution in [2.24, 2.45) is 0 Å². The number of nitrogens with one attached hydrogen (secondary N) is 1. The lowest BCUT2D eigenvalue weighted by Gasteiger charge is -2.18. The molecule has 1 saturated heterocycles. The summed E-state index contributed by atoms with van der Waals surface area (Å²) in [6.07, 6.45) is 2.56. The summed E-state index contributed by atoms with van der Waals surface area (Å²) in [4.78, 5) is 20.9. The molecule has 1 aliphatic rings. The minimum Gasteiger partial charge on any atom is -0.493 e. The molecule has 1 aliphatic heterocycles. The zero-order chi connectivity index (χ0) is 23.4. The summed E-state index contributed by atoms with van der Waals surface area (Å²) < 4.78 is 39.6. The minimum absolute atomic E-state index is 0.0254. The van der Waals surface area contributed by atoms with Gasteiger partial charge < -0.3 is 14.8 Å². The average molecular weight is 473 g/mol. The molecule has 1 atom stereocenters. The lowest BCUT2D eigenvalue weighted by Crippen LogP contribution is -2.25. The van der Waals surface area contributed by atoms with Crippen LogP contribution < -0.4 is 14.8 Å². The second-order valence-corrected chi connectivity index (χ2v) is 7.67. The second kappa shape index (κ2) is 9.98. The number of aromatic nitrogens is 2. The first kappa shape index (κ1) is 22.7. The second-order valence-electron chi connectivity index (χ2n) is 7.29. The molecule has 10 heteroatoms. The smallest absolute Gasteiger partial charge is 0.192 e. The Balaban J connectivity index is 1.62. The monoisotopic (exact) mass is 472 g/mol. The van der Waals surface area contributed by atoms with Crippen LogP contribution in [0.25, 0.3) is 10.9 Å². The molecule has 33 heavy (non-hydrogen) atoms. The number of rotatable bonds is 6. The number of carbonyl (C=O) groups is 1. The molecular formula is C23H19ClF2N4O3. The van der Waals surface area contributed by atoms with Gasteiger partial charge in [-0.2, -0.15) is 0 Å². The minimum atomic E-state index is -0.919. The summed E-state index contributed by atoms with van der Waals surface area (Å²) >= 11 is 5.69. The quantitative estimate of drug-likeness (QED) is 0.330. The highest BCUT2D eigenvalue weighted by molar-refractivity contribution is 6.31. The highest BCUT2D eigenvalue weighted by atomic mass is 35.5. The van der Waals surface area contributed by atoms with Crippen LogP contribution in [0, 0.1) is 23.5 Å². The fraction of sp³-hybridized carbons (Fsp3) is 0.261. The van der Waals surface area contributed by atoms with Gasteiger partial charge in [0.25, 0.3) is 0 Å². The van der Waals surface area contributed by atoms with Crippen molar-refractivity contribution in [3.05, 3.63) is 47.2 Å². The van der Waals surface area contributed by atoms with Gasteiger partial charge in [0, 0.05) is 24.5 Å². The van der Waals surface area contributed by atoms with Crippen molar-refractivity contribution >= 4 is 40.3 Å². The fourth-order valence-corrected chi connectivity index (χ4v) is 3.75. The molecule has 3 aromatic rings. The van der Waals surface area contributed by atoms with E-state index >= 15 is 0 Å². The van der Waals surface area contributed by atoms with E-state index in [-0.39, 0.29) is 11.8 Å². The Hall–Kier alpha value is -3.48. The number of nitrogens with zero attached hydrogens (tertiary/aromatic N) is 3. The highest BCUT2D eigenvalue weighted by Crippen LogP contribution is 2.37. The highest BCUT2D eigenvalue weighted by Gasteiger charge is 2.25. The zero-order valence-electron chi connectivity index (χ0n) is 17.6. The van der Waals surface area contributed by atoms with Crippen molar-refractivity contribution in [1.82, 2.24) is 14.9 Å². The largest absolute Gasteiger partial charge is 0.493 e. The van der Waals surface area contributed by atoms with E-state index in [1.54, 1.807) is 12.1 Å². The van der Waals surface area contributed by atoms with Gasteiger partial charge in [-0.25, -0.2) is 18.7 Å². The van der Waals surface area contributed by atoms with Gasteiger partial charge in [-0.3, -0.25) is 9.69 Å². The maximum absolute atomic E-state index is 14.4. The third-order valence-electron chi connectivity index (χ3n) is 5.20. The van der Waals surface area contributed by atoms with Crippen LogP contribution in [-0.4, -0.2) is 54.0 Å². The van der Waals surface area contributed by atoms with Crippen LogP contribution in [0.4, 0.5) is 20.3 Å². The summed E-state index contributed by atoms with van der Waals surface area (Å²) in [5.41, 5.74) is 0.519. The van der Waals surface area contributed by atoms with Gasteiger partial charge in [0.1, 0.15) is 29.1 Å². The number of aldehydes is 1. The first-order valence-corrected chi connectivity index (χ1v) is 10.4. The first-order valence-electron chi connectivity index (χ1n) is 10.0. The number of carbonyl (C=O) groups excluding carboxylic acids is 1. The average Bonchev–Trinajstić information content (AvgIpc) is 3.26. The molecule has 0 spiro atoms. The molecule has 2 aromatic carbocycles. The zero-order valence-corrected chi connectivity index (χ0v) is 18.3. The Morgan fingerprint density at radius 3 is 2.94 bits per heavy atom. The Kier molecular flexibility index (Phi) is 6.87. The van der Waals surface area contributed by atoms with Crippen molar-refractivity contribution in [3.63, 3.8) is 0 Å². The Morgan fingerprint density at radius 2 is 2.15 bits per heavy atom. The van der Waals surface area contributed by atoms with Gasteiger partial charge in [-0.15, -0.1) is 0 Å². The van der Waals surface area contributed by atoms with E-state index in [1.165, 1.54) is 19.5 Å². The van der Waals surface area contributed by atoms with Gasteiger partial charge in [-0.1, -0.05) is 17.5 Å². The van der Waals surface area contributed by atoms with Gasteiger partial charge >= 0.3 is 0 Å². The van der Waals surface area contributed by atoms with E-state index in [9.17, 15) is 13.6 Å². The standard InChI is InChI=1S/C23H19ClF2N4O3/c1-32-19-11-18-15(10-20(19)33-14-6-8-30(12-14)7-2-3-9-31)23(28-13-27-18)29-17-5-4-16(25)21(24)22(17)26/h4-5,9-11,13-14H,6-8,12H2,1H3,(H,27,28,29)/t14-/m0/s1. The third-order valence-corrected chi connectivity index (χ3v) is 5.54. The SMILES string of the molecule is COc1cc2ncnc(Nc3ccc(F)c(Cl)c3F)c2cc1O[C@H]1CCN(CC#CC=O)C1. The van der Waals surface area contributed by atoms with E-state index in [2.05, 4.69) is 32.0 Å². The summed E-state index contributed by atoms with van der Waals surface area (Å²) in [6.45, 7) is 1.92. The van der Waals surface area contributed by atoms with E-state index in [1.807, 2.05) is 0 Å². The van der Waals surface area contributed by atoms with Crippen molar-refractivity contribution in [3.8, 4) is 23.3 Å². The third kappa shape index (κ3) is 4.97. The summed E-state index contributed by atoms with van der Waals surface area (Å²) in [5.74, 6) is 4.69. The lowest BCUT2D eigenvalue weighted by atomic mass is 10.2. The molecule has 0 radical (unpaired) electrons. The number of fused-ring (bicyclic) bond motifs is 1. The normalized spacial score (nSPS) is 15.7. The fourth-order valence-electron chi connectivity index (χ4n) is 3.58. The van der Waals surface area contributed by atoms with E-state index in [0.29, 0.717) is 47.6 Å². The molecule has 1 N–H and O–H groups in total. The molecule has 1 fully saturated rings. The molecule has 0 unspecified atom stereocenters. The molecule has 0 bridgehead atoms. The van der Waals surface area contributed by atoms with E-state index < -0.39 is 16.7 Å². The maximum Gasteiger partial charge on any atom is 0.192 e. The van der Waals surface area contributed by atoms with Crippen LogP contribution in [0.15, 0.2) is 30.6 Å². The van der Waals surface area contributed by atoms with Crippen LogP contribution in [0.5, 0.6) is 11.5 Å². The molecule has 170 valence electrons. The Bertz CT molecular complexity index is 1260. The number of likely N-dealkylation sites (tertiary alicyclic amines) is 1. The van der Waals surface area contributed by atoms with Crippen molar-refractivity contribution in [2.45, 2.75) is 12.5 Å². The Morgan fingerprint density at radius 1 is 1.30 bits per heavy atom. The van der Waals surface area contributed by atoms with Crippen molar-refractivity contribution in [2.75, 3.05) is 32.1 Å². The summed E-state index contributed by atoms with van der Waals surface area (Å²) in [5, 5.41) is 2.80. The maximum atomic E-state index is 14.4. The van der Waals surface area contributed by atoms with Crippen LogP contribution >= 0.6 is 11.6 Å². The molecule has 0 amide bonds. The first-order chi connectivity index (χ1) is 16.0. The van der Waals surface area contributed by atoms with Gasteiger partial charge in [0.15, 0.2) is 23.6 Å². The molecule has 2 heterocycles. The van der Waals surface area contributed by atoms with Crippen molar-refractivity contribution in [1.29, 1.82) is 0 Å². The van der Waals surface area contributed by atoms with Crippen LogP contribution in [0.1, 0.15) is 6.42 Å². The predicted octanol–water partition coefficient (Wildman–Crippen LogP) is 3.97. The molecule has 0 aliphatic carbocycles. The number of methoxy groups -OCH3 is 1. The lowest BCUT2D eigenvalue weighted by molar-refractivity contribution is -0.103.